The molecule has 0 radical (unpaired) electrons. The molecule has 0 aromatic heterocycles. The van der Waals surface area contributed by atoms with Crippen molar-refractivity contribution in [1.29, 1.82) is 0 Å². The lowest BCUT2D eigenvalue weighted by molar-refractivity contribution is 0.112. The molecule has 0 amide bonds. The second-order valence-electron chi connectivity index (χ2n) is 4.38. The van der Waals surface area contributed by atoms with Crippen LogP contribution in [0.3, 0.4) is 0 Å². The maximum Gasteiger partial charge on any atom is 0.151 e. The van der Waals surface area contributed by atoms with Crippen LogP contribution in [0.25, 0.3) is 21.9 Å². The van der Waals surface area contributed by atoms with Crippen molar-refractivity contribution in [2.45, 2.75) is 0 Å². The minimum Gasteiger partial charge on any atom is -0.298 e. The third-order valence-corrected chi connectivity index (χ3v) is 3.90. The summed E-state index contributed by atoms with van der Waals surface area (Å²) < 4.78 is 1.17. The van der Waals surface area contributed by atoms with Crippen LogP contribution in [0, 0.1) is 3.57 Å². The molecule has 0 aliphatic carbocycles. The fourth-order valence-electron chi connectivity index (χ4n) is 2.33. The molecule has 0 aliphatic rings. The minimum absolute atomic E-state index is 0.764. The van der Waals surface area contributed by atoms with Crippen LogP contribution in [0.1, 0.15) is 10.4 Å². The Hall–Kier alpha value is -1.68. The van der Waals surface area contributed by atoms with Gasteiger partial charge in [0.25, 0.3) is 0 Å². The molecule has 1 nitrogen and oxygen atoms in total. The van der Waals surface area contributed by atoms with Gasteiger partial charge < -0.3 is 0 Å². The number of fused-ring (bicyclic) bond motifs is 1. The van der Waals surface area contributed by atoms with Gasteiger partial charge in [0.2, 0.25) is 0 Å². The fraction of sp³-hybridized carbons (Fsp3) is 0. The zero-order valence-corrected chi connectivity index (χ0v) is 12.3. The molecule has 0 saturated carbocycles. The summed E-state index contributed by atoms with van der Waals surface area (Å²) in [6.45, 7) is 0. The zero-order valence-electron chi connectivity index (χ0n) is 10.1. The Morgan fingerprint density at radius 3 is 2.53 bits per heavy atom. The third-order valence-electron chi connectivity index (χ3n) is 3.22. The fourth-order valence-corrected chi connectivity index (χ4v) is 2.87. The Labute approximate surface area is 125 Å². The van der Waals surface area contributed by atoms with Crippen LogP contribution < -0.4 is 0 Å². The van der Waals surface area contributed by atoms with Gasteiger partial charge in [-0.25, -0.2) is 0 Å². The summed E-state index contributed by atoms with van der Waals surface area (Å²) in [5.74, 6) is 0. The number of hydrogen-bond donors (Lipinski definition) is 0. The van der Waals surface area contributed by atoms with Gasteiger partial charge in [-0.2, -0.15) is 0 Å². The maximum atomic E-state index is 11.5. The van der Waals surface area contributed by atoms with Crippen molar-refractivity contribution in [2.24, 2.45) is 0 Å². The van der Waals surface area contributed by atoms with E-state index in [1.807, 2.05) is 48.5 Å². The lowest BCUT2D eigenvalue weighted by Crippen LogP contribution is -1.90. The zero-order chi connectivity index (χ0) is 13.2. The highest BCUT2D eigenvalue weighted by atomic mass is 127. The first-order valence-corrected chi connectivity index (χ1v) is 7.10. The molecule has 92 valence electrons. The van der Waals surface area contributed by atoms with E-state index in [0.717, 1.165) is 33.7 Å². The Balaban J connectivity index is 2.32. The summed E-state index contributed by atoms with van der Waals surface area (Å²) >= 11 is 2.29. The second kappa shape index (κ2) is 5.13. The molecule has 0 heterocycles. The Morgan fingerprint density at radius 1 is 0.895 bits per heavy atom. The van der Waals surface area contributed by atoms with Crippen molar-refractivity contribution < 1.29 is 4.79 Å². The van der Waals surface area contributed by atoms with Gasteiger partial charge in [0.05, 0.1) is 0 Å². The number of hydrogen-bond acceptors (Lipinski definition) is 1. The first-order chi connectivity index (χ1) is 9.29. The van der Waals surface area contributed by atoms with E-state index in [9.17, 15) is 4.79 Å². The van der Waals surface area contributed by atoms with E-state index in [2.05, 4.69) is 34.7 Å². The average Bonchev–Trinajstić information content (AvgIpc) is 2.46. The molecule has 0 aliphatic heterocycles. The summed E-state index contributed by atoms with van der Waals surface area (Å²) in [7, 11) is 0. The number of benzene rings is 3. The number of aldehydes is 1. The smallest absolute Gasteiger partial charge is 0.151 e. The van der Waals surface area contributed by atoms with Gasteiger partial charge in [-0.1, -0.05) is 48.5 Å². The topological polar surface area (TPSA) is 17.1 Å². The monoisotopic (exact) mass is 358 g/mol. The van der Waals surface area contributed by atoms with Gasteiger partial charge in [-0.15, -0.1) is 0 Å². The van der Waals surface area contributed by atoms with Gasteiger partial charge in [-0.05, 0) is 56.6 Å². The summed E-state index contributed by atoms with van der Waals surface area (Å²) in [5.41, 5.74) is 2.84. The Morgan fingerprint density at radius 2 is 1.74 bits per heavy atom. The predicted molar refractivity (Wildman–Crippen MR) is 87.5 cm³/mol. The standard InChI is InChI=1S/C17H11IO/c18-14-6-3-5-13(10-14)16-9-8-12-4-1-2-7-15(12)17(16)11-19/h1-11H. The maximum absolute atomic E-state index is 11.5. The second-order valence-corrected chi connectivity index (χ2v) is 5.62. The molecular weight excluding hydrogens is 347 g/mol. The highest BCUT2D eigenvalue weighted by molar-refractivity contribution is 14.1. The van der Waals surface area contributed by atoms with Crippen molar-refractivity contribution in [1.82, 2.24) is 0 Å². The van der Waals surface area contributed by atoms with E-state index in [-0.39, 0.29) is 0 Å². The van der Waals surface area contributed by atoms with Gasteiger partial charge in [0.15, 0.2) is 6.29 Å². The first kappa shape index (κ1) is 12.4. The Kier molecular flexibility index (Phi) is 3.34. The molecule has 2 heteroatoms. The van der Waals surface area contributed by atoms with Crippen molar-refractivity contribution in [2.75, 3.05) is 0 Å². The highest BCUT2D eigenvalue weighted by Crippen LogP contribution is 2.29. The van der Waals surface area contributed by atoms with Crippen LogP contribution >= 0.6 is 22.6 Å². The van der Waals surface area contributed by atoms with Gasteiger partial charge >= 0.3 is 0 Å². The first-order valence-electron chi connectivity index (χ1n) is 6.02. The van der Waals surface area contributed by atoms with E-state index >= 15 is 0 Å². The van der Waals surface area contributed by atoms with Crippen LogP contribution in [-0.4, -0.2) is 6.29 Å². The minimum atomic E-state index is 0.764. The summed E-state index contributed by atoms with van der Waals surface area (Å²) in [5, 5.41) is 2.10. The van der Waals surface area contributed by atoms with Crippen molar-refractivity contribution in [3.05, 3.63) is 69.8 Å². The SMILES string of the molecule is O=Cc1c(-c2cccc(I)c2)ccc2ccccc12. The number of rotatable bonds is 2. The molecular formula is C17H11IO. The largest absolute Gasteiger partial charge is 0.298 e. The van der Waals surface area contributed by atoms with Crippen molar-refractivity contribution in [3.63, 3.8) is 0 Å². The molecule has 3 rings (SSSR count). The van der Waals surface area contributed by atoms with Crippen LogP contribution in [0.15, 0.2) is 60.7 Å². The van der Waals surface area contributed by atoms with Crippen LogP contribution in [0.5, 0.6) is 0 Å². The van der Waals surface area contributed by atoms with E-state index < -0.39 is 0 Å². The Bertz CT molecular complexity index is 762. The van der Waals surface area contributed by atoms with E-state index in [1.165, 1.54) is 3.57 Å². The van der Waals surface area contributed by atoms with Crippen LogP contribution in [0.2, 0.25) is 0 Å². The highest BCUT2D eigenvalue weighted by Gasteiger charge is 2.08. The van der Waals surface area contributed by atoms with Gasteiger partial charge in [-0.3, -0.25) is 4.79 Å². The quantitative estimate of drug-likeness (QED) is 0.469. The predicted octanol–water partition coefficient (Wildman–Crippen LogP) is 4.92. The third kappa shape index (κ3) is 2.28. The molecule has 0 atom stereocenters. The van der Waals surface area contributed by atoms with Crippen molar-refractivity contribution in [3.8, 4) is 11.1 Å². The molecule has 0 bridgehead atoms. The molecule has 3 aromatic rings. The average molecular weight is 358 g/mol. The number of halogens is 1. The molecule has 3 aromatic carbocycles. The van der Waals surface area contributed by atoms with Crippen LogP contribution in [0.4, 0.5) is 0 Å². The lowest BCUT2D eigenvalue weighted by atomic mass is 9.95. The van der Waals surface area contributed by atoms with E-state index in [1.54, 1.807) is 0 Å². The summed E-state index contributed by atoms with van der Waals surface area (Å²) in [6.07, 6.45) is 0.956. The van der Waals surface area contributed by atoms with Gasteiger partial charge in [0, 0.05) is 9.13 Å². The lowest BCUT2D eigenvalue weighted by Gasteiger charge is -2.09. The summed E-state index contributed by atoms with van der Waals surface area (Å²) in [4.78, 5) is 11.5. The number of carbonyl (C=O) groups excluding carboxylic acids is 1. The van der Waals surface area contributed by atoms with Crippen molar-refractivity contribution >= 4 is 39.6 Å². The van der Waals surface area contributed by atoms with E-state index in [0.29, 0.717) is 0 Å². The number of carbonyl (C=O) groups is 1. The molecule has 0 unspecified atom stereocenters. The molecule has 19 heavy (non-hydrogen) atoms. The molecule has 0 fully saturated rings. The molecule has 0 N–H and O–H groups in total. The van der Waals surface area contributed by atoms with Gasteiger partial charge in [0.1, 0.15) is 0 Å². The van der Waals surface area contributed by atoms with Crippen LogP contribution in [-0.2, 0) is 0 Å². The van der Waals surface area contributed by atoms with E-state index in [4.69, 9.17) is 0 Å². The molecule has 0 spiro atoms. The normalized spacial score (nSPS) is 10.6. The summed E-state index contributed by atoms with van der Waals surface area (Å²) in [6, 6.07) is 20.3. The molecule has 0 saturated heterocycles.